The molecule has 0 aromatic carbocycles. The van der Waals surface area contributed by atoms with Gasteiger partial charge in [-0.2, -0.15) is 0 Å². The molecule has 0 bridgehead atoms. The van der Waals surface area contributed by atoms with Crippen LogP contribution < -0.4 is 24.0 Å². The zero-order valence-electron chi connectivity index (χ0n) is 33.9. The van der Waals surface area contributed by atoms with E-state index in [1.54, 1.807) is 68.5 Å². The smallest absolute Gasteiger partial charge is 0.550 e. The molecule has 0 spiro atoms. The summed E-state index contributed by atoms with van der Waals surface area (Å²) in [7, 11) is 2.70. The Hall–Kier alpha value is -7.42. The van der Waals surface area contributed by atoms with Crippen molar-refractivity contribution in [1.82, 2.24) is 37.5 Å². The van der Waals surface area contributed by atoms with Gasteiger partial charge in [0.2, 0.25) is 0 Å². The minimum atomic E-state index is -1.22. The van der Waals surface area contributed by atoms with Crippen molar-refractivity contribution in [3.8, 4) is 0 Å². The summed E-state index contributed by atoms with van der Waals surface area (Å²) >= 11 is 0. The van der Waals surface area contributed by atoms with E-state index >= 15 is 0 Å². The summed E-state index contributed by atoms with van der Waals surface area (Å²) < 4.78 is 16.1. The number of carbonyl (C=O) groups excluding carboxylic acids is 5. The molecule has 0 saturated carbocycles. The number of aliphatic carboxylic acids is 2. The number of ether oxygens (including phenoxy) is 2. The Balaban J connectivity index is 0.000000179. The second-order valence-corrected chi connectivity index (χ2v) is 12.7. The van der Waals surface area contributed by atoms with Gasteiger partial charge in [-0.3, -0.25) is 24.0 Å². The first kappa shape index (κ1) is 46.3. The maximum Gasteiger partial charge on any atom is 1.00 e. The minimum absolute atomic E-state index is 0. The molecule has 19 heteroatoms. The number of Topliss-reactive ketones (excluding diaryl/α,β-unsaturated/α-hetero) is 2. The van der Waals surface area contributed by atoms with Gasteiger partial charge in [0.1, 0.15) is 53.9 Å². The molecule has 308 valence electrons. The van der Waals surface area contributed by atoms with Gasteiger partial charge in [-0.05, 0) is 48.5 Å². The Kier molecular flexibility index (Phi) is 16.3. The normalized spacial score (nSPS) is 10.3. The quantitative estimate of drug-likeness (QED) is 0.110. The molecule has 0 unspecified atom stereocenters. The summed E-state index contributed by atoms with van der Waals surface area (Å²) in [6, 6.07) is 22.1. The van der Waals surface area contributed by atoms with Crippen LogP contribution in [0.25, 0.3) is 22.1 Å². The predicted octanol–water partition coefficient (Wildman–Crippen LogP) is 0.0969. The zero-order chi connectivity index (χ0) is 43.3. The minimum Gasteiger partial charge on any atom is -0.550 e. The molecule has 8 heterocycles. The van der Waals surface area contributed by atoms with Crippen LogP contribution in [-0.2, 0) is 54.3 Å². The third kappa shape index (κ3) is 11.8. The Morgan fingerprint density at radius 3 is 1.33 bits per heavy atom. The molecule has 61 heavy (non-hydrogen) atoms. The molecule has 0 amide bonds. The van der Waals surface area contributed by atoms with Crippen LogP contribution in [0.1, 0.15) is 58.1 Å². The van der Waals surface area contributed by atoms with Gasteiger partial charge in [0.05, 0.1) is 48.7 Å². The van der Waals surface area contributed by atoms with Crippen LogP contribution in [0.2, 0.25) is 0 Å². The fourth-order valence-corrected chi connectivity index (χ4v) is 5.90. The van der Waals surface area contributed by atoms with Crippen LogP contribution in [-0.4, -0.2) is 92.3 Å². The molecule has 18 nitrogen and oxygen atoms in total. The Bertz CT molecular complexity index is 2840. The van der Waals surface area contributed by atoms with E-state index in [2.05, 4.69) is 29.4 Å². The molecule has 0 saturated heterocycles. The SMILES string of the molecule is CC(=O)c1nc(CC(=O)[O-])n2ccccc12.COC(=O)Cc1nc(C(C)=O)c2ccccn12.COC(=O)Cc1ncc2ccccn12.O=C(O)Cc1ncc2ccccn12.[Li+]. The number of fused-ring (bicyclic) bond motifs is 4. The van der Waals surface area contributed by atoms with E-state index in [0.29, 0.717) is 40.0 Å². The number of nitrogens with zero attached hydrogens (tertiary/aromatic N) is 8. The van der Waals surface area contributed by atoms with Crippen LogP contribution in [0.4, 0.5) is 0 Å². The molecular formula is C42H39LiN8O10. The number of rotatable bonds is 10. The molecule has 0 fully saturated rings. The number of ketones is 2. The van der Waals surface area contributed by atoms with Crippen molar-refractivity contribution in [2.45, 2.75) is 39.5 Å². The first-order chi connectivity index (χ1) is 28.8. The number of aromatic nitrogens is 8. The predicted molar refractivity (Wildman–Crippen MR) is 212 cm³/mol. The van der Waals surface area contributed by atoms with E-state index < -0.39 is 11.9 Å². The van der Waals surface area contributed by atoms with Gasteiger partial charge >= 0.3 is 36.8 Å². The van der Waals surface area contributed by atoms with E-state index in [0.717, 1.165) is 11.0 Å². The van der Waals surface area contributed by atoms with Crippen molar-refractivity contribution < 1.29 is 67.3 Å². The number of esters is 2. The van der Waals surface area contributed by atoms with E-state index in [-0.39, 0.29) is 73.7 Å². The molecule has 8 aromatic heterocycles. The second-order valence-electron chi connectivity index (χ2n) is 12.7. The fourth-order valence-electron chi connectivity index (χ4n) is 5.90. The monoisotopic (exact) mass is 822 g/mol. The Morgan fingerprint density at radius 1 is 0.557 bits per heavy atom. The average molecular weight is 823 g/mol. The van der Waals surface area contributed by atoms with Gasteiger partial charge in [-0.1, -0.05) is 24.3 Å². The molecule has 8 aromatic rings. The van der Waals surface area contributed by atoms with Crippen LogP contribution in [0, 0.1) is 0 Å². The third-order valence-corrected chi connectivity index (χ3v) is 8.61. The molecule has 0 aliphatic carbocycles. The van der Waals surface area contributed by atoms with Gasteiger partial charge in [-0.15, -0.1) is 0 Å². The molecular weight excluding hydrogens is 783 g/mol. The van der Waals surface area contributed by atoms with Crippen LogP contribution in [0.3, 0.4) is 0 Å². The van der Waals surface area contributed by atoms with Gasteiger partial charge in [-0.25, -0.2) is 19.9 Å². The molecule has 8 rings (SSSR count). The van der Waals surface area contributed by atoms with E-state index in [1.807, 2.05) is 59.1 Å². The number of pyridine rings is 4. The van der Waals surface area contributed by atoms with Crippen LogP contribution in [0.5, 0.6) is 0 Å². The van der Waals surface area contributed by atoms with Crippen molar-refractivity contribution >= 4 is 57.5 Å². The van der Waals surface area contributed by atoms with E-state index in [4.69, 9.17) is 5.11 Å². The maximum atomic E-state index is 11.4. The van der Waals surface area contributed by atoms with Gasteiger partial charge in [0, 0.05) is 51.0 Å². The Labute approximate surface area is 359 Å². The average Bonchev–Trinajstić information content (AvgIpc) is 4.02. The van der Waals surface area contributed by atoms with E-state index in [1.165, 1.54) is 28.1 Å². The summed E-state index contributed by atoms with van der Waals surface area (Å²) in [6.45, 7) is 2.86. The fraction of sp³-hybridized carbons (Fsp3) is 0.190. The summed E-state index contributed by atoms with van der Waals surface area (Å²) in [4.78, 5) is 82.4. The second kappa shape index (κ2) is 21.5. The van der Waals surface area contributed by atoms with Gasteiger partial charge in [0.25, 0.3) is 0 Å². The summed E-state index contributed by atoms with van der Waals surface area (Å²) in [5.41, 5.74) is 3.89. The van der Waals surface area contributed by atoms with Crippen LogP contribution >= 0.6 is 0 Å². The van der Waals surface area contributed by atoms with Gasteiger partial charge in [0.15, 0.2) is 11.6 Å². The van der Waals surface area contributed by atoms with Crippen molar-refractivity contribution in [2.75, 3.05) is 14.2 Å². The first-order valence-electron chi connectivity index (χ1n) is 18.1. The summed E-state index contributed by atoms with van der Waals surface area (Å²) in [5, 5.41) is 19.1. The molecule has 0 atom stereocenters. The van der Waals surface area contributed by atoms with Crippen molar-refractivity contribution in [3.63, 3.8) is 0 Å². The number of imidazole rings is 4. The van der Waals surface area contributed by atoms with Crippen molar-refractivity contribution in [1.29, 1.82) is 0 Å². The van der Waals surface area contributed by atoms with Crippen molar-refractivity contribution in [3.05, 3.63) is 145 Å². The number of carboxylic acid groups (broad SMARTS) is 2. The first-order valence-corrected chi connectivity index (χ1v) is 18.1. The summed E-state index contributed by atoms with van der Waals surface area (Å²) in [6.07, 6.45) is 10.4. The largest absolute Gasteiger partial charge is 1.00 e. The zero-order valence-corrected chi connectivity index (χ0v) is 33.9. The van der Waals surface area contributed by atoms with E-state index in [9.17, 15) is 33.9 Å². The molecule has 0 aliphatic rings. The maximum absolute atomic E-state index is 11.4. The molecule has 0 radical (unpaired) electrons. The van der Waals surface area contributed by atoms with Crippen LogP contribution in [0.15, 0.2) is 110 Å². The Morgan fingerprint density at radius 2 is 0.934 bits per heavy atom. The number of hydrogen-bond acceptors (Lipinski definition) is 13. The number of methoxy groups -OCH3 is 2. The molecule has 1 N–H and O–H groups in total. The van der Waals surface area contributed by atoms with Gasteiger partial charge < -0.3 is 42.1 Å². The topological polar surface area (TPSA) is 233 Å². The van der Waals surface area contributed by atoms with Crippen molar-refractivity contribution in [2.24, 2.45) is 0 Å². The number of hydrogen-bond donors (Lipinski definition) is 1. The number of carbonyl (C=O) groups is 6. The third-order valence-electron chi connectivity index (χ3n) is 8.61. The molecule has 0 aliphatic heterocycles. The summed E-state index contributed by atoms with van der Waals surface area (Å²) in [5.74, 6) is -0.966. The standard InChI is InChI=1S/C12H12N2O3.C11H10N2O3.C10H10N2O2.C9H8N2O2.Li/c1-8(15)12-9-5-3-4-6-14(9)10(13-12)7-11(16)17-2;1-7(14)11-8-4-2-3-5-13(8)9(12-11)6-10(15)16;1-14-10(13)6-9-11-7-8-4-2-3-5-12(8)9;12-9(13)5-8-10-6-7-3-1-2-4-11(7)8;/h3-6H,7H2,1-2H3;2-5H,6H2,1H3,(H,15,16);2-5,7H,6H2,1H3;1-4,6H,5H2,(H,12,13);/q;;;;+1/p-1. The number of carboxylic acids is 2.